The average molecular weight is 256 g/mol. The molecule has 0 amide bonds. The summed E-state index contributed by atoms with van der Waals surface area (Å²) in [7, 11) is 0. The van der Waals surface area contributed by atoms with E-state index in [0.717, 1.165) is 25.1 Å². The summed E-state index contributed by atoms with van der Waals surface area (Å²) in [4.78, 5) is 9.17. The Morgan fingerprint density at radius 3 is 2.37 bits per heavy atom. The molecule has 2 heterocycles. The Hall–Kier alpha value is -1.44. The molecule has 0 spiro atoms. The van der Waals surface area contributed by atoms with Gasteiger partial charge in [0, 0.05) is 17.5 Å². The van der Waals surface area contributed by atoms with Crippen LogP contribution in [0.2, 0.25) is 0 Å². The van der Waals surface area contributed by atoms with E-state index < -0.39 is 0 Å². The van der Waals surface area contributed by atoms with Gasteiger partial charge in [-0.1, -0.05) is 33.8 Å². The number of aromatic nitrogens is 1. The first-order valence-electron chi connectivity index (χ1n) is 7.23. The van der Waals surface area contributed by atoms with E-state index in [1.165, 1.54) is 16.8 Å². The molecule has 1 aliphatic rings. The molecule has 0 N–H and O–H groups in total. The summed E-state index contributed by atoms with van der Waals surface area (Å²) in [5.41, 5.74) is 4.88. The van der Waals surface area contributed by atoms with Gasteiger partial charge in [0.2, 0.25) is 0 Å². The normalized spacial score (nSPS) is 15.1. The zero-order valence-electron chi connectivity index (χ0n) is 12.5. The molecule has 0 saturated carbocycles. The van der Waals surface area contributed by atoms with Gasteiger partial charge in [-0.3, -0.25) is 9.98 Å². The highest BCUT2D eigenvalue weighted by Gasteiger charge is 2.12. The van der Waals surface area contributed by atoms with Crippen LogP contribution in [0.1, 0.15) is 45.4 Å². The van der Waals surface area contributed by atoms with Crippen LogP contribution in [0.4, 0.5) is 0 Å². The second-order valence-corrected chi connectivity index (χ2v) is 6.22. The number of hydrogen-bond acceptors (Lipinski definition) is 2. The molecule has 0 aromatic carbocycles. The lowest BCUT2D eigenvalue weighted by Crippen LogP contribution is -1.98. The zero-order chi connectivity index (χ0) is 13.8. The van der Waals surface area contributed by atoms with Crippen LogP contribution in [-0.4, -0.2) is 17.2 Å². The lowest BCUT2D eigenvalue weighted by Gasteiger charge is -2.06. The zero-order valence-corrected chi connectivity index (χ0v) is 12.5. The molecule has 1 aromatic heterocycles. The molecule has 0 saturated heterocycles. The predicted molar refractivity (Wildman–Crippen MR) is 82.5 cm³/mol. The van der Waals surface area contributed by atoms with Crippen LogP contribution >= 0.6 is 0 Å². The van der Waals surface area contributed by atoms with E-state index in [-0.39, 0.29) is 0 Å². The lowest BCUT2D eigenvalue weighted by molar-refractivity contribution is 0.645. The molecule has 0 unspecified atom stereocenters. The molecule has 102 valence electrons. The largest absolute Gasteiger partial charge is 0.285 e. The molecule has 2 rings (SSSR count). The Balaban J connectivity index is 2.04. The van der Waals surface area contributed by atoms with E-state index in [4.69, 9.17) is 0 Å². The summed E-state index contributed by atoms with van der Waals surface area (Å²) in [6, 6.07) is 4.33. The molecule has 0 bridgehead atoms. The molecule has 19 heavy (non-hydrogen) atoms. The summed E-state index contributed by atoms with van der Waals surface area (Å²) in [5, 5.41) is 0. The van der Waals surface area contributed by atoms with E-state index in [2.05, 4.69) is 55.9 Å². The Labute approximate surface area is 116 Å². The molecule has 0 atom stereocenters. The van der Waals surface area contributed by atoms with Gasteiger partial charge in [-0.15, -0.1) is 0 Å². The third kappa shape index (κ3) is 4.02. The van der Waals surface area contributed by atoms with Crippen LogP contribution in [0.5, 0.6) is 0 Å². The standard InChI is InChI=1S/C17H24N2/c1-12(2)7-14-5-6-17(19-10-14)15-9-16(18-11-15)8-13(3)4/h5-6,9-10,12-13H,7-8,11H2,1-4H3. The highest BCUT2D eigenvalue weighted by molar-refractivity contribution is 6.04. The van der Waals surface area contributed by atoms with Gasteiger partial charge in [-0.2, -0.15) is 0 Å². The summed E-state index contributed by atoms with van der Waals surface area (Å²) in [6.45, 7) is 9.72. The van der Waals surface area contributed by atoms with E-state index >= 15 is 0 Å². The topological polar surface area (TPSA) is 25.2 Å². The van der Waals surface area contributed by atoms with Crippen molar-refractivity contribution in [1.82, 2.24) is 4.98 Å². The molecule has 2 heteroatoms. The number of aliphatic imine (C=N–C) groups is 1. The smallest absolute Gasteiger partial charge is 0.0681 e. The minimum atomic E-state index is 0.663. The van der Waals surface area contributed by atoms with Gasteiger partial charge < -0.3 is 0 Å². The van der Waals surface area contributed by atoms with Crippen molar-refractivity contribution >= 4 is 11.3 Å². The van der Waals surface area contributed by atoms with Crippen molar-refractivity contribution < 1.29 is 0 Å². The first kappa shape index (κ1) is 14.0. The summed E-state index contributed by atoms with van der Waals surface area (Å²) >= 11 is 0. The van der Waals surface area contributed by atoms with Crippen molar-refractivity contribution in [2.45, 2.75) is 40.5 Å². The Morgan fingerprint density at radius 2 is 1.79 bits per heavy atom. The monoisotopic (exact) mass is 256 g/mol. The van der Waals surface area contributed by atoms with Gasteiger partial charge in [-0.25, -0.2) is 0 Å². The number of rotatable bonds is 5. The SMILES string of the molecule is CC(C)CC1=NCC(c2ccc(CC(C)C)cn2)=C1. The fourth-order valence-corrected chi connectivity index (χ4v) is 2.38. The lowest BCUT2D eigenvalue weighted by atomic mass is 10.0. The second kappa shape index (κ2) is 6.14. The van der Waals surface area contributed by atoms with Crippen LogP contribution in [-0.2, 0) is 6.42 Å². The van der Waals surface area contributed by atoms with E-state index in [1.54, 1.807) is 0 Å². The second-order valence-electron chi connectivity index (χ2n) is 6.22. The highest BCUT2D eigenvalue weighted by Crippen LogP contribution is 2.20. The third-order valence-corrected chi connectivity index (χ3v) is 3.21. The first-order chi connectivity index (χ1) is 9.04. The molecule has 2 nitrogen and oxygen atoms in total. The predicted octanol–water partition coefficient (Wildman–Crippen LogP) is 4.16. The number of hydrogen-bond donors (Lipinski definition) is 0. The molecular formula is C17H24N2. The molecule has 1 aromatic rings. The number of pyridine rings is 1. The maximum atomic E-state index is 4.59. The number of nitrogens with zero attached hydrogens (tertiary/aromatic N) is 2. The maximum absolute atomic E-state index is 4.59. The van der Waals surface area contributed by atoms with E-state index in [9.17, 15) is 0 Å². The fourth-order valence-electron chi connectivity index (χ4n) is 2.38. The van der Waals surface area contributed by atoms with Gasteiger partial charge in [0.15, 0.2) is 0 Å². The third-order valence-electron chi connectivity index (χ3n) is 3.21. The summed E-state index contributed by atoms with van der Waals surface area (Å²) < 4.78 is 0. The van der Waals surface area contributed by atoms with Crippen molar-refractivity contribution in [3.63, 3.8) is 0 Å². The Morgan fingerprint density at radius 1 is 1.05 bits per heavy atom. The van der Waals surface area contributed by atoms with Crippen LogP contribution < -0.4 is 0 Å². The minimum absolute atomic E-state index is 0.663. The summed E-state index contributed by atoms with van der Waals surface area (Å²) in [5.74, 6) is 1.34. The van der Waals surface area contributed by atoms with Gasteiger partial charge in [0.05, 0.1) is 12.2 Å². The minimum Gasteiger partial charge on any atom is -0.285 e. The van der Waals surface area contributed by atoms with E-state index in [1.807, 2.05) is 6.20 Å². The highest BCUT2D eigenvalue weighted by atomic mass is 14.8. The van der Waals surface area contributed by atoms with Crippen molar-refractivity contribution in [2.24, 2.45) is 16.8 Å². The van der Waals surface area contributed by atoms with Crippen molar-refractivity contribution in [3.05, 3.63) is 35.7 Å². The van der Waals surface area contributed by atoms with Crippen LogP contribution in [0.15, 0.2) is 29.4 Å². The number of allylic oxidation sites excluding steroid dienone is 1. The molecule has 0 fully saturated rings. The van der Waals surface area contributed by atoms with E-state index in [0.29, 0.717) is 11.8 Å². The van der Waals surface area contributed by atoms with Crippen molar-refractivity contribution in [2.75, 3.05) is 6.54 Å². The van der Waals surface area contributed by atoms with Gasteiger partial charge in [0.25, 0.3) is 0 Å². The molecule has 1 aliphatic heterocycles. The molecule has 0 aliphatic carbocycles. The van der Waals surface area contributed by atoms with Crippen molar-refractivity contribution in [1.29, 1.82) is 0 Å². The van der Waals surface area contributed by atoms with Gasteiger partial charge in [0.1, 0.15) is 0 Å². The molecular weight excluding hydrogens is 232 g/mol. The fraction of sp³-hybridized carbons (Fsp3) is 0.529. The van der Waals surface area contributed by atoms with Crippen LogP contribution in [0.25, 0.3) is 5.57 Å². The van der Waals surface area contributed by atoms with Crippen LogP contribution in [0.3, 0.4) is 0 Å². The quantitative estimate of drug-likeness (QED) is 0.776. The Kier molecular flexibility index (Phi) is 4.52. The van der Waals surface area contributed by atoms with Gasteiger partial charge in [-0.05, 0) is 42.4 Å². The van der Waals surface area contributed by atoms with Crippen LogP contribution in [0, 0.1) is 11.8 Å². The average Bonchev–Trinajstić information content (AvgIpc) is 2.76. The van der Waals surface area contributed by atoms with Gasteiger partial charge >= 0.3 is 0 Å². The Bertz CT molecular complexity index is 478. The van der Waals surface area contributed by atoms with Crippen molar-refractivity contribution in [3.8, 4) is 0 Å². The summed E-state index contributed by atoms with van der Waals surface area (Å²) in [6.07, 6.45) is 6.39. The maximum Gasteiger partial charge on any atom is 0.0681 e. The molecule has 0 radical (unpaired) electrons. The first-order valence-corrected chi connectivity index (χ1v) is 7.23.